The van der Waals surface area contributed by atoms with E-state index in [0.717, 1.165) is 6.54 Å². The maximum atomic E-state index is 11.5. The van der Waals surface area contributed by atoms with Crippen molar-refractivity contribution in [3.8, 4) is 0 Å². The number of aliphatic carboxylic acids is 1. The first-order chi connectivity index (χ1) is 8.73. The van der Waals surface area contributed by atoms with Crippen molar-refractivity contribution in [2.45, 2.75) is 33.1 Å². The molecule has 6 nitrogen and oxygen atoms in total. The fraction of sp³-hybridized carbons (Fsp3) is 0.846. The summed E-state index contributed by atoms with van der Waals surface area (Å²) in [5.74, 6) is -0.796. The molecule has 0 saturated heterocycles. The topological polar surface area (TPSA) is 81.7 Å². The van der Waals surface area contributed by atoms with Crippen molar-refractivity contribution >= 4 is 12.0 Å². The van der Waals surface area contributed by atoms with Crippen LogP contribution in [0.2, 0.25) is 0 Å². The second-order valence-corrected chi connectivity index (χ2v) is 5.86. The molecular formula is C13H27N3O3. The van der Waals surface area contributed by atoms with Crippen LogP contribution >= 0.6 is 0 Å². The Bertz CT molecular complexity index is 291. The third kappa shape index (κ3) is 11.5. The third-order valence-corrected chi connectivity index (χ3v) is 2.57. The Morgan fingerprint density at radius 2 is 1.79 bits per heavy atom. The van der Waals surface area contributed by atoms with Gasteiger partial charge in [-0.1, -0.05) is 13.8 Å². The van der Waals surface area contributed by atoms with Gasteiger partial charge < -0.3 is 20.6 Å². The largest absolute Gasteiger partial charge is 0.481 e. The molecule has 19 heavy (non-hydrogen) atoms. The number of carbonyl (C=O) groups excluding carboxylic acids is 1. The second kappa shape index (κ2) is 8.74. The first-order valence-corrected chi connectivity index (χ1v) is 6.61. The predicted octanol–water partition coefficient (Wildman–Crippen LogP) is 1.13. The summed E-state index contributed by atoms with van der Waals surface area (Å²) in [6, 6.07) is -0.192. The normalized spacial score (nSPS) is 11.4. The number of rotatable bonds is 9. The van der Waals surface area contributed by atoms with E-state index in [9.17, 15) is 9.59 Å². The quantitative estimate of drug-likeness (QED) is 0.550. The maximum absolute atomic E-state index is 11.5. The highest BCUT2D eigenvalue weighted by molar-refractivity contribution is 5.73. The Kier molecular flexibility index (Phi) is 8.14. The van der Waals surface area contributed by atoms with Gasteiger partial charge in [0.2, 0.25) is 0 Å². The SMILES string of the molecule is CN(C)CC(C)(C)CNC(=O)NCCCCC(=O)O. The summed E-state index contributed by atoms with van der Waals surface area (Å²) in [6.07, 6.45) is 1.42. The molecule has 0 heterocycles. The van der Waals surface area contributed by atoms with Gasteiger partial charge in [0.05, 0.1) is 0 Å². The van der Waals surface area contributed by atoms with Crippen LogP contribution in [0.4, 0.5) is 4.79 Å². The molecule has 2 amide bonds. The minimum Gasteiger partial charge on any atom is -0.481 e. The fourth-order valence-corrected chi connectivity index (χ4v) is 1.90. The van der Waals surface area contributed by atoms with E-state index in [4.69, 9.17) is 5.11 Å². The van der Waals surface area contributed by atoms with Crippen molar-refractivity contribution in [1.82, 2.24) is 15.5 Å². The van der Waals surface area contributed by atoms with E-state index in [-0.39, 0.29) is 17.9 Å². The molecule has 0 atom stereocenters. The molecule has 0 aliphatic heterocycles. The number of carbonyl (C=O) groups is 2. The second-order valence-electron chi connectivity index (χ2n) is 5.86. The highest BCUT2D eigenvalue weighted by atomic mass is 16.4. The first kappa shape index (κ1) is 17.7. The Morgan fingerprint density at radius 3 is 2.32 bits per heavy atom. The summed E-state index contributed by atoms with van der Waals surface area (Å²) in [5, 5.41) is 14.0. The molecule has 112 valence electrons. The lowest BCUT2D eigenvalue weighted by Gasteiger charge is -2.28. The Balaban J connectivity index is 3.67. The minimum atomic E-state index is -0.796. The van der Waals surface area contributed by atoms with E-state index in [1.165, 1.54) is 0 Å². The van der Waals surface area contributed by atoms with E-state index >= 15 is 0 Å². The average molecular weight is 273 g/mol. The van der Waals surface area contributed by atoms with Crippen molar-refractivity contribution in [2.75, 3.05) is 33.7 Å². The van der Waals surface area contributed by atoms with E-state index in [0.29, 0.717) is 25.9 Å². The van der Waals surface area contributed by atoms with Gasteiger partial charge in [-0.2, -0.15) is 0 Å². The zero-order valence-corrected chi connectivity index (χ0v) is 12.5. The lowest BCUT2D eigenvalue weighted by atomic mass is 9.93. The number of urea groups is 1. The predicted molar refractivity (Wildman–Crippen MR) is 75.2 cm³/mol. The minimum absolute atomic E-state index is 0.0180. The monoisotopic (exact) mass is 273 g/mol. The van der Waals surface area contributed by atoms with Crippen LogP contribution in [0.25, 0.3) is 0 Å². The summed E-state index contributed by atoms with van der Waals surface area (Å²) in [5.41, 5.74) is 0.0180. The number of amides is 2. The molecule has 3 N–H and O–H groups in total. The van der Waals surface area contributed by atoms with E-state index < -0.39 is 5.97 Å². The van der Waals surface area contributed by atoms with Crippen molar-refractivity contribution in [2.24, 2.45) is 5.41 Å². The number of nitrogens with one attached hydrogen (secondary N) is 2. The summed E-state index contributed by atoms with van der Waals surface area (Å²) in [6.45, 7) is 6.20. The molecule has 0 spiro atoms. The lowest BCUT2D eigenvalue weighted by molar-refractivity contribution is -0.137. The standard InChI is InChI=1S/C13H27N3O3/c1-13(2,10-16(3)4)9-15-12(19)14-8-6-5-7-11(17)18/h5-10H2,1-4H3,(H,17,18)(H2,14,15,19). The molecule has 0 radical (unpaired) electrons. The number of nitrogens with zero attached hydrogens (tertiary/aromatic N) is 1. The van der Waals surface area contributed by atoms with E-state index in [2.05, 4.69) is 29.4 Å². The molecular weight excluding hydrogens is 246 g/mol. The number of unbranched alkanes of at least 4 members (excludes halogenated alkanes) is 1. The van der Waals surface area contributed by atoms with E-state index in [1.54, 1.807) is 0 Å². The summed E-state index contributed by atoms with van der Waals surface area (Å²) in [4.78, 5) is 23.9. The average Bonchev–Trinajstić information content (AvgIpc) is 2.24. The van der Waals surface area contributed by atoms with Gasteiger partial charge in [-0.3, -0.25) is 4.79 Å². The summed E-state index contributed by atoms with van der Waals surface area (Å²) in [7, 11) is 4.01. The zero-order chi connectivity index (χ0) is 14.9. The number of hydrogen-bond acceptors (Lipinski definition) is 3. The molecule has 0 aromatic heterocycles. The van der Waals surface area contributed by atoms with Crippen LogP contribution in [0, 0.1) is 5.41 Å². The lowest BCUT2D eigenvalue weighted by Crippen LogP contribution is -2.44. The summed E-state index contributed by atoms with van der Waals surface area (Å²) < 4.78 is 0. The maximum Gasteiger partial charge on any atom is 0.314 e. The van der Waals surface area contributed by atoms with Crippen LogP contribution in [0.5, 0.6) is 0 Å². The van der Waals surface area contributed by atoms with Gasteiger partial charge in [0.25, 0.3) is 0 Å². The third-order valence-electron chi connectivity index (χ3n) is 2.57. The van der Waals surface area contributed by atoms with E-state index in [1.807, 2.05) is 14.1 Å². The van der Waals surface area contributed by atoms with Gasteiger partial charge in [-0.15, -0.1) is 0 Å². The van der Waals surface area contributed by atoms with Gasteiger partial charge in [0.15, 0.2) is 0 Å². The molecule has 0 saturated carbocycles. The van der Waals surface area contributed by atoms with Crippen LogP contribution in [0.15, 0.2) is 0 Å². The number of hydrogen-bond donors (Lipinski definition) is 3. The Hall–Kier alpha value is -1.30. The molecule has 6 heteroatoms. The fourth-order valence-electron chi connectivity index (χ4n) is 1.90. The molecule has 0 aromatic carbocycles. The molecule has 0 fully saturated rings. The van der Waals surface area contributed by atoms with Gasteiger partial charge in [0, 0.05) is 26.1 Å². The zero-order valence-electron chi connectivity index (χ0n) is 12.5. The van der Waals surface area contributed by atoms with Crippen LogP contribution in [0.1, 0.15) is 33.1 Å². The highest BCUT2D eigenvalue weighted by Crippen LogP contribution is 2.13. The van der Waals surface area contributed by atoms with Crippen LogP contribution in [-0.2, 0) is 4.79 Å². The summed E-state index contributed by atoms with van der Waals surface area (Å²) >= 11 is 0. The molecule has 0 aliphatic carbocycles. The smallest absolute Gasteiger partial charge is 0.314 e. The Labute approximate surface area is 115 Å². The van der Waals surface area contributed by atoms with Crippen molar-refractivity contribution < 1.29 is 14.7 Å². The van der Waals surface area contributed by atoms with Gasteiger partial charge >= 0.3 is 12.0 Å². The number of carboxylic acids is 1. The molecule has 0 rings (SSSR count). The van der Waals surface area contributed by atoms with Crippen LogP contribution in [-0.4, -0.2) is 55.7 Å². The number of carboxylic acid groups (broad SMARTS) is 1. The molecule has 0 aliphatic rings. The van der Waals surface area contributed by atoms with Gasteiger partial charge in [0.1, 0.15) is 0 Å². The molecule has 0 bridgehead atoms. The highest BCUT2D eigenvalue weighted by Gasteiger charge is 2.19. The van der Waals surface area contributed by atoms with Crippen LogP contribution < -0.4 is 10.6 Å². The van der Waals surface area contributed by atoms with Crippen molar-refractivity contribution in [3.63, 3.8) is 0 Å². The Morgan fingerprint density at radius 1 is 1.16 bits per heavy atom. The first-order valence-electron chi connectivity index (χ1n) is 6.61. The molecule has 0 unspecified atom stereocenters. The van der Waals surface area contributed by atoms with Crippen LogP contribution in [0.3, 0.4) is 0 Å². The molecule has 0 aromatic rings. The van der Waals surface area contributed by atoms with Crippen molar-refractivity contribution in [1.29, 1.82) is 0 Å². The van der Waals surface area contributed by atoms with Gasteiger partial charge in [-0.25, -0.2) is 4.79 Å². The van der Waals surface area contributed by atoms with Gasteiger partial charge in [-0.05, 0) is 32.4 Å². The van der Waals surface area contributed by atoms with Crippen molar-refractivity contribution in [3.05, 3.63) is 0 Å².